The number of benzene rings is 4. The lowest BCUT2D eigenvalue weighted by molar-refractivity contribution is -0.384. The van der Waals surface area contributed by atoms with Gasteiger partial charge in [0, 0.05) is 67.8 Å². The second kappa shape index (κ2) is 16.0. The van der Waals surface area contributed by atoms with E-state index in [1.54, 1.807) is 35.2 Å². The molecule has 0 atom stereocenters. The highest BCUT2D eigenvalue weighted by atomic mass is 32.2. The topological polar surface area (TPSA) is 155 Å². The van der Waals surface area contributed by atoms with Crippen molar-refractivity contribution >= 4 is 66.5 Å². The lowest BCUT2D eigenvalue weighted by Crippen LogP contribution is -2.47. The first-order valence-corrected chi connectivity index (χ1v) is 19.6. The monoisotopic (exact) mass is 744 g/mol. The molecule has 0 bridgehead atoms. The molecule has 0 saturated carbocycles. The van der Waals surface area contributed by atoms with Crippen LogP contribution in [-0.4, -0.2) is 85.5 Å². The van der Waals surface area contributed by atoms with Crippen LogP contribution in [0.5, 0.6) is 0 Å². The maximum absolute atomic E-state index is 13.1. The molecule has 12 nitrogen and oxygen atoms in total. The van der Waals surface area contributed by atoms with Gasteiger partial charge in [-0.05, 0) is 66.7 Å². The molecule has 2 N–H and O–H groups in total. The highest BCUT2D eigenvalue weighted by Crippen LogP contribution is 2.30. The average Bonchev–Trinajstić information content (AvgIpc) is 3.55. The second-order valence-corrected chi connectivity index (χ2v) is 16.0. The molecule has 51 heavy (non-hydrogen) atoms. The first kappa shape index (κ1) is 36.0. The highest BCUT2D eigenvalue weighted by Gasteiger charge is 2.24. The number of rotatable bonds is 13. The van der Waals surface area contributed by atoms with Gasteiger partial charge < -0.3 is 15.1 Å². The van der Waals surface area contributed by atoms with Gasteiger partial charge in [-0.25, -0.2) is 18.1 Å². The maximum atomic E-state index is 13.1. The Morgan fingerprint density at radius 1 is 0.941 bits per heavy atom. The molecule has 4 aromatic carbocycles. The van der Waals surface area contributed by atoms with Crippen LogP contribution in [-0.2, 0) is 21.2 Å². The Morgan fingerprint density at radius 3 is 2.39 bits per heavy atom. The molecule has 2 heterocycles. The van der Waals surface area contributed by atoms with Gasteiger partial charge in [-0.1, -0.05) is 36.4 Å². The fourth-order valence-corrected chi connectivity index (χ4v) is 8.32. The number of fused-ring (bicyclic) bond motifs is 1. The van der Waals surface area contributed by atoms with E-state index in [2.05, 4.69) is 17.3 Å². The van der Waals surface area contributed by atoms with Crippen molar-refractivity contribution in [1.29, 1.82) is 0 Å². The van der Waals surface area contributed by atoms with Gasteiger partial charge in [0.05, 0.1) is 25.0 Å². The van der Waals surface area contributed by atoms with E-state index in [1.165, 1.54) is 24.3 Å². The van der Waals surface area contributed by atoms with E-state index in [4.69, 9.17) is 4.98 Å². The number of hydrogen-bond donors (Lipinski definition) is 2. The van der Waals surface area contributed by atoms with E-state index in [1.807, 2.05) is 58.2 Å². The SMILES string of the molecule is CN1CCN(C(=O)CCc2nc3cc(-c4ccc(C(=O)NS(=O)(=O)c5ccc(NCCSc6ccccc6)c([N+](=O)[O-])c5)cc4)ccc3s2)CC1. The molecule has 2 amide bonds. The normalized spacial score (nSPS) is 13.6. The van der Waals surface area contributed by atoms with Gasteiger partial charge in [-0.2, -0.15) is 0 Å². The van der Waals surface area contributed by atoms with Crippen LogP contribution < -0.4 is 10.0 Å². The number of nitrogens with zero attached hydrogens (tertiary/aromatic N) is 4. The molecule has 0 spiro atoms. The number of aromatic nitrogens is 1. The van der Waals surface area contributed by atoms with Crippen LogP contribution in [0.3, 0.4) is 0 Å². The molecule has 1 aliphatic heterocycles. The molecular weight excluding hydrogens is 709 g/mol. The Hall–Kier alpha value is -4.83. The van der Waals surface area contributed by atoms with E-state index in [-0.39, 0.29) is 17.2 Å². The third kappa shape index (κ3) is 9.10. The Morgan fingerprint density at radius 2 is 1.67 bits per heavy atom. The summed E-state index contributed by atoms with van der Waals surface area (Å²) in [6, 6.07) is 25.5. The van der Waals surface area contributed by atoms with Crippen molar-refractivity contribution in [2.75, 3.05) is 50.8 Å². The predicted molar refractivity (Wildman–Crippen MR) is 201 cm³/mol. The molecule has 264 valence electrons. The molecule has 1 aromatic heterocycles. The number of thiazole rings is 1. The summed E-state index contributed by atoms with van der Waals surface area (Å²) < 4.78 is 29.2. The lowest BCUT2D eigenvalue weighted by Gasteiger charge is -2.32. The first-order chi connectivity index (χ1) is 24.6. The molecule has 6 rings (SSSR count). The number of carbonyl (C=O) groups excluding carboxylic acids is 2. The minimum Gasteiger partial charge on any atom is -0.379 e. The van der Waals surface area contributed by atoms with Crippen LogP contribution in [0.1, 0.15) is 21.8 Å². The highest BCUT2D eigenvalue weighted by molar-refractivity contribution is 7.99. The Balaban J connectivity index is 1.06. The number of nitro benzene ring substituents is 1. The zero-order chi connectivity index (χ0) is 36.0. The van der Waals surface area contributed by atoms with Gasteiger partial charge in [0.1, 0.15) is 5.69 Å². The molecular formula is C36H36N6O6S3. The molecule has 0 radical (unpaired) electrons. The number of thioether (sulfide) groups is 1. The number of nitro groups is 1. The molecule has 1 aliphatic rings. The van der Waals surface area contributed by atoms with Crippen LogP contribution in [0.25, 0.3) is 21.3 Å². The van der Waals surface area contributed by atoms with Crippen molar-refractivity contribution in [2.24, 2.45) is 0 Å². The van der Waals surface area contributed by atoms with Crippen molar-refractivity contribution in [3.63, 3.8) is 0 Å². The fraction of sp³-hybridized carbons (Fsp3) is 0.250. The van der Waals surface area contributed by atoms with E-state index in [0.29, 0.717) is 25.1 Å². The predicted octanol–water partition coefficient (Wildman–Crippen LogP) is 5.90. The molecule has 0 aliphatic carbocycles. The van der Waals surface area contributed by atoms with E-state index in [0.717, 1.165) is 63.5 Å². The molecule has 5 aromatic rings. The van der Waals surface area contributed by atoms with Gasteiger partial charge in [-0.15, -0.1) is 23.1 Å². The number of hydrogen-bond acceptors (Lipinski definition) is 11. The summed E-state index contributed by atoms with van der Waals surface area (Å²) in [5.41, 5.74) is 2.35. The van der Waals surface area contributed by atoms with Gasteiger partial charge >= 0.3 is 0 Å². The third-order valence-electron chi connectivity index (χ3n) is 8.45. The van der Waals surface area contributed by atoms with Crippen molar-refractivity contribution in [3.05, 3.63) is 112 Å². The fourth-order valence-electron chi connectivity index (χ4n) is 5.59. The van der Waals surface area contributed by atoms with Crippen molar-refractivity contribution < 1.29 is 22.9 Å². The summed E-state index contributed by atoms with van der Waals surface area (Å²) in [6.45, 7) is 3.69. The third-order valence-corrected chi connectivity index (χ3v) is 11.9. The quantitative estimate of drug-likeness (QED) is 0.0645. The number of carbonyl (C=O) groups is 2. The Bertz CT molecular complexity index is 2150. The number of aryl methyl sites for hydroxylation is 1. The van der Waals surface area contributed by atoms with Gasteiger partial charge in [0.25, 0.3) is 21.6 Å². The van der Waals surface area contributed by atoms with Crippen molar-refractivity contribution in [3.8, 4) is 11.1 Å². The van der Waals surface area contributed by atoms with Crippen LogP contribution in [0.2, 0.25) is 0 Å². The largest absolute Gasteiger partial charge is 0.379 e. The first-order valence-electron chi connectivity index (χ1n) is 16.3. The summed E-state index contributed by atoms with van der Waals surface area (Å²) in [5.74, 6) is -0.0800. The summed E-state index contributed by atoms with van der Waals surface area (Å²) in [5, 5.41) is 15.7. The van der Waals surface area contributed by atoms with E-state index < -0.39 is 31.4 Å². The maximum Gasteiger partial charge on any atom is 0.293 e. The smallest absolute Gasteiger partial charge is 0.293 e. The summed E-state index contributed by atoms with van der Waals surface area (Å²) >= 11 is 3.15. The number of likely N-dealkylation sites (N-methyl/N-ethyl adjacent to an activating group) is 1. The molecule has 1 fully saturated rings. The zero-order valence-corrected chi connectivity index (χ0v) is 30.2. The van der Waals surface area contributed by atoms with Crippen molar-refractivity contribution in [1.82, 2.24) is 19.5 Å². The summed E-state index contributed by atoms with van der Waals surface area (Å²) in [7, 11) is -2.36. The average molecular weight is 745 g/mol. The van der Waals surface area contributed by atoms with E-state index >= 15 is 0 Å². The van der Waals surface area contributed by atoms with Crippen LogP contribution in [0.15, 0.2) is 101 Å². The standard InChI is InChI=1S/C36H36N6O6S3/c1-40-18-20-41(21-19-40)35(43)16-15-34-38-31-23-27(11-14-33(31)50-34)25-7-9-26(10-8-25)36(44)39-51(47,48)29-12-13-30(32(24-29)42(45)46)37-17-22-49-28-5-3-2-4-6-28/h2-14,23-24,37H,15-22H2,1H3,(H,39,44). The van der Waals surface area contributed by atoms with Gasteiger partial charge in [0.2, 0.25) is 5.91 Å². The number of anilines is 1. The van der Waals surface area contributed by atoms with Crippen molar-refractivity contribution in [2.45, 2.75) is 22.6 Å². The summed E-state index contributed by atoms with van der Waals surface area (Å²) in [4.78, 5) is 46.4. The van der Waals surface area contributed by atoms with E-state index in [9.17, 15) is 28.1 Å². The van der Waals surface area contributed by atoms with Gasteiger partial charge in [-0.3, -0.25) is 19.7 Å². The van der Waals surface area contributed by atoms with Crippen LogP contribution in [0, 0.1) is 10.1 Å². The number of nitrogens with one attached hydrogen (secondary N) is 2. The van der Waals surface area contributed by atoms with Crippen LogP contribution >= 0.6 is 23.1 Å². The number of piperazine rings is 1. The Labute approximate surface area is 304 Å². The minimum atomic E-state index is -4.41. The lowest BCUT2D eigenvalue weighted by atomic mass is 10.0. The molecule has 1 saturated heterocycles. The molecule has 0 unspecified atom stereocenters. The van der Waals surface area contributed by atoms with Gasteiger partial charge in [0.15, 0.2) is 0 Å². The molecule has 15 heteroatoms. The Kier molecular flexibility index (Phi) is 11.3. The van der Waals surface area contributed by atoms with Crippen LogP contribution in [0.4, 0.5) is 11.4 Å². The number of amides is 2. The summed E-state index contributed by atoms with van der Waals surface area (Å²) in [6.07, 6.45) is 0.999. The number of sulfonamides is 1. The second-order valence-electron chi connectivity index (χ2n) is 12.0. The minimum absolute atomic E-state index is 0.105. The zero-order valence-electron chi connectivity index (χ0n) is 27.8.